The van der Waals surface area contributed by atoms with E-state index in [0.29, 0.717) is 0 Å². The topological polar surface area (TPSA) is 0 Å². The molecule has 1 rings (SSSR count). The van der Waals surface area contributed by atoms with E-state index in [1.807, 2.05) is 11.3 Å². The standard InChI is InChI=1S/C15H26S/c1-5-7-9-13(4)15-11-10-14(16-15)12(3)8-6-2/h10-13H,5-9H2,1-4H3. The summed E-state index contributed by atoms with van der Waals surface area (Å²) in [4.78, 5) is 3.17. The SMILES string of the molecule is CCCCC(C)c1ccc(C(C)CCC)s1. The van der Waals surface area contributed by atoms with E-state index < -0.39 is 0 Å². The lowest BCUT2D eigenvalue weighted by Gasteiger charge is -2.09. The Labute approximate surface area is 105 Å². The first kappa shape index (κ1) is 13.8. The number of unbranched alkanes of at least 4 members (excludes halogenated alkanes) is 1. The highest BCUT2D eigenvalue weighted by Gasteiger charge is 2.11. The molecule has 0 aliphatic rings. The molecular formula is C15H26S. The highest BCUT2D eigenvalue weighted by atomic mass is 32.1. The molecule has 0 bridgehead atoms. The van der Waals surface area contributed by atoms with Gasteiger partial charge in [0, 0.05) is 9.75 Å². The van der Waals surface area contributed by atoms with Crippen molar-refractivity contribution in [2.45, 2.75) is 71.6 Å². The van der Waals surface area contributed by atoms with Crippen LogP contribution in [0.2, 0.25) is 0 Å². The van der Waals surface area contributed by atoms with Gasteiger partial charge in [0.05, 0.1) is 0 Å². The minimum absolute atomic E-state index is 0.752. The fourth-order valence-electron chi connectivity index (χ4n) is 2.13. The van der Waals surface area contributed by atoms with Gasteiger partial charge in [0.2, 0.25) is 0 Å². The molecule has 0 amide bonds. The van der Waals surface area contributed by atoms with Crippen molar-refractivity contribution in [3.05, 3.63) is 21.9 Å². The highest BCUT2D eigenvalue weighted by molar-refractivity contribution is 7.12. The van der Waals surface area contributed by atoms with Gasteiger partial charge >= 0.3 is 0 Å². The minimum Gasteiger partial charge on any atom is -0.145 e. The smallest absolute Gasteiger partial charge is 0.00764 e. The van der Waals surface area contributed by atoms with Gasteiger partial charge < -0.3 is 0 Å². The lowest BCUT2D eigenvalue weighted by molar-refractivity contribution is 0.632. The molecule has 92 valence electrons. The maximum atomic E-state index is 2.37. The van der Waals surface area contributed by atoms with Gasteiger partial charge in [-0.3, -0.25) is 0 Å². The second-order valence-corrected chi connectivity index (χ2v) is 6.12. The van der Waals surface area contributed by atoms with Gasteiger partial charge in [-0.25, -0.2) is 0 Å². The van der Waals surface area contributed by atoms with Crippen LogP contribution in [0, 0.1) is 0 Å². The van der Waals surface area contributed by atoms with Crippen LogP contribution in [0.5, 0.6) is 0 Å². The highest BCUT2D eigenvalue weighted by Crippen LogP contribution is 2.33. The molecule has 0 aliphatic heterocycles. The summed E-state index contributed by atoms with van der Waals surface area (Å²) in [5, 5.41) is 0. The van der Waals surface area contributed by atoms with Crippen molar-refractivity contribution in [3.8, 4) is 0 Å². The van der Waals surface area contributed by atoms with E-state index in [1.54, 1.807) is 9.75 Å². The Kier molecular flexibility index (Phi) is 6.12. The number of rotatable bonds is 7. The van der Waals surface area contributed by atoms with E-state index >= 15 is 0 Å². The summed E-state index contributed by atoms with van der Waals surface area (Å²) < 4.78 is 0. The molecule has 0 N–H and O–H groups in total. The molecule has 2 atom stereocenters. The number of hydrogen-bond donors (Lipinski definition) is 0. The molecule has 1 aromatic heterocycles. The van der Waals surface area contributed by atoms with Crippen LogP contribution in [-0.2, 0) is 0 Å². The van der Waals surface area contributed by atoms with E-state index in [-0.39, 0.29) is 0 Å². The summed E-state index contributed by atoms with van der Waals surface area (Å²) in [7, 11) is 0. The fourth-order valence-corrected chi connectivity index (χ4v) is 3.31. The number of thiophene rings is 1. The average molecular weight is 238 g/mol. The molecule has 0 saturated carbocycles. The van der Waals surface area contributed by atoms with E-state index in [1.165, 1.54) is 32.1 Å². The molecule has 1 heterocycles. The quantitative estimate of drug-likeness (QED) is 0.551. The predicted octanol–water partition coefficient (Wildman–Crippen LogP) is 5.95. The Morgan fingerprint density at radius 2 is 1.50 bits per heavy atom. The maximum Gasteiger partial charge on any atom is 0.00764 e. The molecule has 0 spiro atoms. The molecule has 0 nitrogen and oxygen atoms in total. The van der Waals surface area contributed by atoms with Crippen LogP contribution in [0.4, 0.5) is 0 Å². The van der Waals surface area contributed by atoms with Crippen LogP contribution in [0.25, 0.3) is 0 Å². The van der Waals surface area contributed by atoms with Crippen LogP contribution in [0.15, 0.2) is 12.1 Å². The minimum atomic E-state index is 0.752. The van der Waals surface area contributed by atoms with E-state index in [0.717, 1.165) is 11.8 Å². The van der Waals surface area contributed by atoms with E-state index in [2.05, 4.69) is 39.8 Å². The van der Waals surface area contributed by atoms with Gasteiger partial charge in [-0.2, -0.15) is 0 Å². The summed E-state index contributed by atoms with van der Waals surface area (Å²) in [6, 6.07) is 4.70. The third-order valence-corrected chi connectivity index (χ3v) is 4.88. The monoisotopic (exact) mass is 238 g/mol. The van der Waals surface area contributed by atoms with E-state index in [9.17, 15) is 0 Å². The first-order chi connectivity index (χ1) is 7.69. The Balaban J connectivity index is 2.56. The summed E-state index contributed by atoms with van der Waals surface area (Å²) in [6.45, 7) is 9.27. The molecule has 0 aromatic carbocycles. The Morgan fingerprint density at radius 1 is 0.938 bits per heavy atom. The van der Waals surface area contributed by atoms with Crippen molar-refractivity contribution in [2.75, 3.05) is 0 Å². The molecule has 1 heteroatoms. The molecule has 0 fully saturated rings. The molecule has 0 aliphatic carbocycles. The van der Waals surface area contributed by atoms with Crippen molar-refractivity contribution in [1.29, 1.82) is 0 Å². The molecule has 2 unspecified atom stereocenters. The second-order valence-electron chi connectivity index (χ2n) is 4.97. The van der Waals surface area contributed by atoms with Gasteiger partial charge in [-0.05, 0) is 36.8 Å². The maximum absolute atomic E-state index is 2.37. The molecular weight excluding hydrogens is 212 g/mol. The largest absolute Gasteiger partial charge is 0.145 e. The first-order valence-electron chi connectivity index (χ1n) is 6.78. The fraction of sp³-hybridized carbons (Fsp3) is 0.733. The summed E-state index contributed by atoms with van der Waals surface area (Å²) in [5.41, 5.74) is 0. The zero-order valence-corrected chi connectivity index (χ0v) is 12.1. The van der Waals surface area contributed by atoms with Crippen LogP contribution in [-0.4, -0.2) is 0 Å². The zero-order valence-electron chi connectivity index (χ0n) is 11.3. The summed E-state index contributed by atoms with van der Waals surface area (Å²) in [5.74, 6) is 1.51. The summed E-state index contributed by atoms with van der Waals surface area (Å²) >= 11 is 2.04. The van der Waals surface area contributed by atoms with Crippen LogP contribution in [0.1, 0.15) is 81.4 Å². The molecule has 0 saturated heterocycles. The van der Waals surface area contributed by atoms with Crippen LogP contribution >= 0.6 is 11.3 Å². The van der Waals surface area contributed by atoms with Crippen molar-refractivity contribution in [1.82, 2.24) is 0 Å². The van der Waals surface area contributed by atoms with Crippen molar-refractivity contribution in [3.63, 3.8) is 0 Å². The zero-order chi connectivity index (χ0) is 12.0. The molecule has 1 aromatic rings. The van der Waals surface area contributed by atoms with Crippen molar-refractivity contribution in [2.24, 2.45) is 0 Å². The third kappa shape index (κ3) is 3.93. The third-order valence-electron chi connectivity index (χ3n) is 3.33. The Bertz CT molecular complexity index is 287. The van der Waals surface area contributed by atoms with Crippen LogP contribution in [0.3, 0.4) is 0 Å². The first-order valence-corrected chi connectivity index (χ1v) is 7.60. The van der Waals surface area contributed by atoms with Gasteiger partial charge in [0.25, 0.3) is 0 Å². The normalized spacial score (nSPS) is 15.0. The molecule has 0 radical (unpaired) electrons. The lowest BCUT2D eigenvalue weighted by Crippen LogP contribution is -1.90. The van der Waals surface area contributed by atoms with Crippen molar-refractivity contribution < 1.29 is 0 Å². The molecule has 16 heavy (non-hydrogen) atoms. The Morgan fingerprint density at radius 3 is 2.00 bits per heavy atom. The predicted molar refractivity (Wildman–Crippen MR) is 75.6 cm³/mol. The van der Waals surface area contributed by atoms with Gasteiger partial charge in [-0.15, -0.1) is 11.3 Å². The van der Waals surface area contributed by atoms with Crippen molar-refractivity contribution >= 4 is 11.3 Å². The van der Waals surface area contributed by atoms with E-state index in [4.69, 9.17) is 0 Å². The van der Waals surface area contributed by atoms with Crippen LogP contribution < -0.4 is 0 Å². The average Bonchev–Trinajstić information content (AvgIpc) is 2.75. The second kappa shape index (κ2) is 7.11. The number of hydrogen-bond acceptors (Lipinski definition) is 1. The van der Waals surface area contributed by atoms with Gasteiger partial charge in [-0.1, -0.05) is 47.0 Å². The van der Waals surface area contributed by atoms with Gasteiger partial charge in [0.15, 0.2) is 0 Å². The Hall–Kier alpha value is -0.300. The summed E-state index contributed by atoms with van der Waals surface area (Å²) in [6.07, 6.45) is 6.63. The van der Waals surface area contributed by atoms with Gasteiger partial charge in [0.1, 0.15) is 0 Å². The lowest BCUT2D eigenvalue weighted by atomic mass is 10.0.